The third-order valence-corrected chi connectivity index (χ3v) is 3.48. The van der Waals surface area contributed by atoms with Crippen molar-refractivity contribution in [2.75, 3.05) is 55.4 Å². The molecule has 0 saturated carbocycles. The number of hydrogen-bond donors (Lipinski definition) is 2. The normalized spacial score (nSPS) is 13.1. The highest BCUT2D eigenvalue weighted by Gasteiger charge is 2.25. The number of carbonyl (C=O) groups is 4. The Bertz CT molecular complexity index is 712. The van der Waals surface area contributed by atoms with Crippen LogP contribution in [0.4, 0.5) is 0 Å². The summed E-state index contributed by atoms with van der Waals surface area (Å²) in [5.41, 5.74) is 0. The number of carboxylic acid groups (broad SMARTS) is 2. The molecule has 0 saturated heterocycles. The summed E-state index contributed by atoms with van der Waals surface area (Å²) in [4.78, 5) is 43.3. The molecule has 0 heterocycles. The van der Waals surface area contributed by atoms with Gasteiger partial charge in [0, 0.05) is 23.2 Å². The molecule has 15 heteroatoms. The number of ether oxygens (including phenoxy) is 2. The van der Waals surface area contributed by atoms with Gasteiger partial charge in [-0.2, -0.15) is 0 Å². The molecule has 0 aliphatic heterocycles. The van der Waals surface area contributed by atoms with E-state index in [1.165, 1.54) is 0 Å². The van der Waals surface area contributed by atoms with Crippen LogP contribution in [-0.2, 0) is 39.1 Å². The summed E-state index contributed by atoms with van der Waals surface area (Å²) in [7, 11) is 6.38. The van der Waals surface area contributed by atoms with Gasteiger partial charge >= 0.3 is 23.9 Å². The van der Waals surface area contributed by atoms with Crippen molar-refractivity contribution in [3.8, 4) is 0 Å². The van der Waals surface area contributed by atoms with Crippen LogP contribution in [0.25, 0.3) is 0 Å². The number of quaternary nitrogens is 2. The molecule has 0 aliphatic carbocycles. The number of likely N-dealkylation sites (N-methyl/N-ethyl adjacent to an activating group) is 2. The van der Waals surface area contributed by atoms with Crippen LogP contribution in [0.3, 0.4) is 0 Å². The Labute approximate surface area is 207 Å². The van der Waals surface area contributed by atoms with Crippen LogP contribution in [0.2, 0.25) is 0 Å². The summed E-state index contributed by atoms with van der Waals surface area (Å²) in [6.07, 6.45) is -0.826. The van der Waals surface area contributed by atoms with E-state index in [9.17, 15) is 19.2 Å². The maximum Gasteiger partial charge on any atom is 0.307 e. The number of nitrogens with zero attached hydrogens (tertiary/aromatic N) is 2. The van der Waals surface area contributed by atoms with E-state index < -0.39 is 34.5 Å². The molecule has 35 heavy (non-hydrogen) atoms. The second-order valence-corrected chi connectivity index (χ2v) is 10.3. The van der Waals surface area contributed by atoms with Crippen LogP contribution in [0.5, 0.6) is 0 Å². The first kappa shape index (κ1) is 37.2. The van der Waals surface area contributed by atoms with Crippen LogP contribution < -0.4 is 0 Å². The van der Waals surface area contributed by atoms with Crippen molar-refractivity contribution in [1.82, 2.24) is 0 Å². The summed E-state index contributed by atoms with van der Waals surface area (Å²) in [6.45, 7) is 4.37. The lowest BCUT2D eigenvalue weighted by Crippen LogP contribution is -2.43. The molecule has 0 aromatic rings. The average Bonchev–Trinajstić information content (AvgIpc) is 2.56. The Balaban J connectivity index is -0.000000491. The Kier molecular flexibility index (Phi) is 18.2. The van der Waals surface area contributed by atoms with Crippen molar-refractivity contribution in [1.29, 1.82) is 0 Å². The van der Waals surface area contributed by atoms with Crippen LogP contribution >= 0.6 is 0 Å². The summed E-state index contributed by atoms with van der Waals surface area (Å²) < 4.78 is 45.3. The van der Waals surface area contributed by atoms with Crippen molar-refractivity contribution < 1.29 is 65.4 Å². The molecule has 2 atom stereocenters. The molecule has 0 aromatic carbocycles. The average molecular weight is 533 g/mol. The van der Waals surface area contributed by atoms with Crippen molar-refractivity contribution in [2.45, 2.75) is 51.7 Å². The van der Waals surface area contributed by atoms with Gasteiger partial charge in [0.1, 0.15) is 13.1 Å². The fourth-order valence-electron chi connectivity index (χ4n) is 2.44. The topological polar surface area (TPSA) is 207 Å². The fraction of sp³-hybridized carbons (Fsp3) is 0.800. The monoisotopic (exact) mass is 532 g/mol. The van der Waals surface area contributed by atoms with Gasteiger partial charge in [-0.25, -0.2) is 0 Å². The Morgan fingerprint density at radius 1 is 0.714 bits per heavy atom. The van der Waals surface area contributed by atoms with E-state index >= 15 is 0 Å². The van der Waals surface area contributed by atoms with Crippen LogP contribution in [0, 0.1) is 0 Å². The maximum atomic E-state index is 11.1. The summed E-state index contributed by atoms with van der Waals surface area (Å²) >= 11 is 0. The van der Waals surface area contributed by atoms with E-state index in [2.05, 4.69) is 0 Å². The minimum Gasteiger partial charge on any atom is -0.759 e. The molecule has 14 nitrogen and oxygen atoms in total. The van der Waals surface area contributed by atoms with Gasteiger partial charge in [0.2, 0.25) is 0 Å². The summed E-state index contributed by atoms with van der Waals surface area (Å²) in [6, 6.07) is 0. The van der Waals surface area contributed by atoms with Gasteiger partial charge in [0.25, 0.3) is 0 Å². The smallest absolute Gasteiger partial charge is 0.307 e. The molecular weight excluding hydrogens is 492 g/mol. The van der Waals surface area contributed by atoms with E-state index in [-0.39, 0.29) is 37.6 Å². The molecule has 0 bridgehead atoms. The van der Waals surface area contributed by atoms with Gasteiger partial charge in [-0.15, -0.1) is 0 Å². The molecule has 0 aromatic heterocycles. The lowest BCUT2D eigenvalue weighted by molar-refractivity contribution is -0.873. The molecule has 0 spiro atoms. The summed E-state index contributed by atoms with van der Waals surface area (Å²) in [5.74, 6) is -2.60. The Morgan fingerprint density at radius 2 is 0.943 bits per heavy atom. The molecule has 208 valence electrons. The summed E-state index contributed by atoms with van der Waals surface area (Å²) in [5, 5.41) is 17.3. The molecule has 0 unspecified atom stereocenters. The molecule has 0 fully saturated rings. The number of rotatable bonds is 12. The predicted molar refractivity (Wildman–Crippen MR) is 121 cm³/mol. The van der Waals surface area contributed by atoms with Crippen molar-refractivity contribution >= 4 is 34.3 Å². The van der Waals surface area contributed by atoms with Crippen molar-refractivity contribution in [2.24, 2.45) is 0 Å². The largest absolute Gasteiger partial charge is 0.759 e. The lowest BCUT2D eigenvalue weighted by Gasteiger charge is -2.28. The van der Waals surface area contributed by atoms with E-state index in [0.29, 0.717) is 22.1 Å². The standard InChI is InChI=1S/2C10H19NO4.H2O4S/c2*1-5-10(14)15-8(6-9(12)13)7-11(2,3)4;1-5(2,3)4/h2*8H,5-7H2,1-4H3;(H2,1,2,3,4)/t2*8-;/m11./s1. The third kappa shape index (κ3) is 36.4. The highest BCUT2D eigenvalue weighted by Crippen LogP contribution is 2.07. The molecular formula is C20H40N2O12S. The quantitative estimate of drug-likeness (QED) is 0.143. The number of carbonyl (C=O) groups excluding carboxylic acids is 2. The molecule has 0 radical (unpaired) electrons. The van der Waals surface area contributed by atoms with Gasteiger partial charge in [0.15, 0.2) is 12.2 Å². The van der Waals surface area contributed by atoms with Gasteiger partial charge in [0.05, 0.1) is 55.1 Å². The molecule has 0 amide bonds. The van der Waals surface area contributed by atoms with E-state index in [1.807, 2.05) is 42.3 Å². The van der Waals surface area contributed by atoms with Gasteiger partial charge < -0.3 is 37.8 Å². The van der Waals surface area contributed by atoms with E-state index in [0.717, 1.165) is 0 Å². The number of hydrogen-bond acceptors (Lipinski definition) is 10. The predicted octanol–water partition coefficient (Wildman–Crippen LogP) is -0.360. The van der Waals surface area contributed by atoms with Crippen LogP contribution in [0.15, 0.2) is 0 Å². The minimum absolute atomic E-state index is 0.138. The molecule has 2 N–H and O–H groups in total. The number of aliphatic carboxylic acids is 2. The fourth-order valence-corrected chi connectivity index (χ4v) is 2.44. The van der Waals surface area contributed by atoms with Gasteiger partial charge in [-0.05, 0) is 0 Å². The number of esters is 2. The van der Waals surface area contributed by atoms with Gasteiger partial charge in [-0.1, -0.05) is 13.8 Å². The SMILES string of the molecule is CCC(=O)O[C@H](CC(=O)O)C[N+](C)(C)C.CCC(=O)O[C@H](CC(=O)O)C[N+](C)(C)C.O=S(=O)([O-])[O-]. The minimum atomic E-state index is -5.17. The van der Waals surface area contributed by atoms with Crippen LogP contribution in [0.1, 0.15) is 39.5 Å². The van der Waals surface area contributed by atoms with Crippen LogP contribution in [-0.4, -0.2) is 128 Å². The first-order valence-electron chi connectivity index (χ1n) is 10.6. The molecule has 0 aliphatic rings. The maximum absolute atomic E-state index is 11.1. The Morgan fingerprint density at radius 3 is 1.09 bits per heavy atom. The highest BCUT2D eigenvalue weighted by atomic mass is 32.3. The zero-order chi connectivity index (χ0) is 28.6. The number of carboxylic acids is 2. The third-order valence-electron chi connectivity index (χ3n) is 3.48. The van der Waals surface area contributed by atoms with Crippen molar-refractivity contribution in [3.63, 3.8) is 0 Å². The lowest BCUT2D eigenvalue weighted by atomic mass is 10.2. The second kappa shape index (κ2) is 17.2. The zero-order valence-corrected chi connectivity index (χ0v) is 22.5. The van der Waals surface area contributed by atoms with E-state index in [1.54, 1.807) is 13.8 Å². The van der Waals surface area contributed by atoms with E-state index in [4.69, 9.17) is 37.2 Å². The second-order valence-electron chi connectivity index (χ2n) is 9.48. The van der Waals surface area contributed by atoms with Gasteiger partial charge in [-0.3, -0.25) is 27.6 Å². The Hall–Kier alpha value is -2.33. The first-order valence-corrected chi connectivity index (χ1v) is 11.9. The zero-order valence-electron chi connectivity index (χ0n) is 21.7. The molecule has 0 rings (SSSR count). The highest BCUT2D eigenvalue weighted by molar-refractivity contribution is 7.79. The first-order chi connectivity index (χ1) is 15.5. The van der Waals surface area contributed by atoms with Crippen molar-refractivity contribution in [3.05, 3.63) is 0 Å².